The molecule has 2 heterocycles. The van der Waals surface area contributed by atoms with Crippen molar-refractivity contribution in [3.05, 3.63) is 11.3 Å². The first kappa shape index (κ1) is 15.2. The molecular formula is C22H30O3. The zero-order valence-electron chi connectivity index (χ0n) is 15.7. The number of ether oxygens (including phenoxy) is 2. The van der Waals surface area contributed by atoms with Gasteiger partial charge in [0.1, 0.15) is 18.1 Å². The molecule has 0 amide bonds. The fourth-order valence-electron chi connectivity index (χ4n) is 8.57. The van der Waals surface area contributed by atoms with Crippen molar-refractivity contribution in [1.29, 1.82) is 0 Å². The second kappa shape index (κ2) is 4.35. The first-order chi connectivity index (χ1) is 12.0. The second-order valence-corrected chi connectivity index (χ2v) is 10.4. The van der Waals surface area contributed by atoms with Crippen LogP contribution in [0.1, 0.15) is 65.7 Å². The van der Waals surface area contributed by atoms with E-state index < -0.39 is 0 Å². The Morgan fingerprint density at radius 1 is 1.16 bits per heavy atom. The number of hydrogen-bond donors (Lipinski definition) is 0. The predicted octanol–water partition coefficient (Wildman–Crippen LogP) is 4.46. The van der Waals surface area contributed by atoms with Gasteiger partial charge in [0.05, 0.1) is 0 Å². The summed E-state index contributed by atoms with van der Waals surface area (Å²) in [6.07, 6.45) is 10.3. The van der Waals surface area contributed by atoms with Gasteiger partial charge in [-0.15, -0.1) is 0 Å². The van der Waals surface area contributed by atoms with Gasteiger partial charge in [-0.05, 0) is 67.6 Å². The molecule has 6 rings (SSSR count). The summed E-state index contributed by atoms with van der Waals surface area (Å²) < 4.78 is 12.6. The van der Waals surface area contributed by atoms with Crippen LogP contribution in [-0.4, -0.2) is 18.2 Å². The summed E-state index contributed by atoms with van der Waals surface area (Å²) >= 11 is 0. The number of epoxide rings is 1. The van der Waals surface area contributed by atoms with Crippen LogP contribution in [0.25, 0.3) is 0 Å². The van der Waals surface area contributed by atoms with Gasteiger partial charge in [-0.1, -0.05) is 20.8 Å². The number of hydrogen-bond acceptors (Lipinski definition) is 3. The van der Waals surface area contributed by atoms with Gasteiger partial charge >= 0.3 is 0 Å². The molecule has 1 spiro atoms. The van der Waals surface area contributed by atoms with E-state index in [0.29, 0.717) is 34.7 Å². The van der Waals surface area contributed by atoms with Crippen molar-refractivity contribution in [3.63, 3.8) is 0 Å². The number of fused-ring (bicyclic) bond motifs is 5. The van der Waals surface area contributed by atoms with E-state index in [1.54, 1.807) is 5.57 Å². The van der Waals surface area contributed by atoms with Gasteiger partial charge in [-0.3, -0.25) is 0 Å². The molecule has 9 atom stereocenters. The van der Waals surface area contributed by atoms with Crippen LogP contribution in [0.2, 0.25) is 0 Å². The number of rotatable bonds is 2. The molecule has 0 radical (unpaired) electrons. The quantitative estimate of drug-likeness (QED) is 0.549. The molecule has 0 N–H and O–H groups in total. The largest absolute Gasteiger partial charge is 0.459 e. The molecule has 3 heteroatoms. The number of allylic oxidation sites excluding steroid dienone is 1. The van der Waals surface area contributed by atoms with Gasteiger partial charge in [-0.2, -0.15) is 0 Å². The minimum Gasteiger partial charge on any atom is -0.459 e. The Balaban J connectivity index is 1.42. The van der Waals surface area contributed by atoms with E-state index in [4.69, 9.17) is 9.47 Å². The Hall–Kier alpha value is -0.830. The monoisotopic (exact) mass is 342 g/mol. The van der Waals surface area contributed by atoms with Gasteiger partial charge in [0, 0.05) is 23.3 Å². The molecule has 3 nitrogen and oxygen atoms in total. The van der Waals surface area contributed by atoms with Gasteiger partial charge in [0.15, 0.2) is 0 Å². The third kappa shape index (κ3) is 1.50. The molecular weight excluding hydrogens is 312 g/mol. The highest BCUT2D eigenvalue weighted by Crippen LogP contribution is 2.77. The zero-order chi connectivity index (χ0) is 17.2. The number of carbonyl (C=O) groups is 1. The van der Waals surface area contributed by atoms with Crippen LogP contribution in [0.4, 0.5) is 0 Å². The van der Waals surface area contributed by atoms with Crippen LogP contribution < -0.4 is 0 Å². The zero-order valence-corrected chi connectivity index (χ0v) is 15.7. The molecule has 0 aromatic rings. The summed E-state index contributed by atoms with van der Waals surface area (Å²) in [7, 11) is 0. The lowest BCUT2D eigenvalue weighted by Crippen LogP contribution is -2.59. The van der Waals surface area contributed by atoms with Crippen LogP contribution in [-0.2, 0) is 14.3 Å². The number of carbonyl (C=O) groups excluding carboxylic acids is 1. The molecule has 1 unspecified atom stereocenters. The van der Waals surface area contributed by atoms with Crippen molar-refractivity contribution in [1.82, 2.24) is 0 Å². The first-order valence-electron chi connectivity index (χ1n) is 10.5. The summed E-state index contributed by atoms with van der Waals surface area (Å²) in [6.45, 7) is 7.14. The third-order valence-electron chi connectivity index (χ3n) is 9.62. The van der Waals surface area contributed by atoms with Crippen molar-refractivity contribution < 1.29 is 14.3 Å². The maximum absolute atomic E-state index is 11.5. The lowest BCUT2D eigenvalue weighted by molar-refractivity contribution is -0.123. The molecule has 25 heavy (non-hydrogen) atoms. The SMILES string of the molecule is CC(C=O)[C@H]1CC[C@H]2[C@@H]3[C@@H]4O[C@]45OC4=C5[C@](C)(CCC4)[C@H]3CC[C@]12C. The van der Waals surface area contributed by atoms with Crippen molar-refractivity contribution in [2.75, 3.05) is 0 Å². The summed E-state index contributed by atoms with van der Waals surface area (Å²) in [4.78, 5) is 11.5. The average Bonchev–Trinajstić information content (AvgIpc) is 3.22. The summed E-state index contributed by atoms with van der Waals surface area (Å²) in [6, 6.07) is 0. The maximum atomic E-state index is 11.5. The Kier molecular flexibility index (Phi) is 2.65. The molecule has 0 bridgehead atoms. The van der Waals surface area contributed by atoms with Crippen LogP contribution in [0, 0.1) is 40.4 Å². The van der Waals surface area contributed by atoms with Crippen molar-refractivity contribution >= 4 is 6.29 Å². The highest BCUT2D eigenvalue weighted by molar-refractivity contribution is 5.54. The summed E-state index contributed by atoms with van der Waals surface area (Å²) in [5, 5.41) is 0. The minimum absolute atomic E-state index is 0.191. The van der Waals surface area contributed by atoms with Crippen LogP contribution in [0.5, 0.6) is 0 Å². The average molecular weight is 342 g/mol. The van der Waals surface area contributed by atoms with E-state index in [9.17, 15) is 4.79 Å². The summed E-state index contributed by atoms with van der Waals surface area (Å²) in [5.74, 6) is 3.81. The number of aldehydes is 1. The van der Waals surface area contributed by atoms with Crippen molar-refractivity contribution in [3.8, 4) is 0 Å². The first-order valence-corrected chi connectivity index (χ1v) is 10.5. The topological polar surface area (TPSA) is 38.8 Å². The van der Waals surface area contributed by atoms with Gasteiger partial charge in [0.25, 0.3) is 5.79 Å². The molecule has 4 fully saturated rings. The highest BCUT2D eigenvalue weighted by atomic mass is 16.8. The van der Waals surface area contributed by atoms with E-state index in [0.717, 1.165) is 12.3 Å². The standard InChI is InChI=1S/C22H30O3/c1-12(11-23)13-6-7-14-17-15(8-10-20(13,14)2)21(3)9-4-5-16-18(21)22(24-16)19(17)25-22/h11-15,17,19H,4-10H2,1-3H3/t12?,13-,14+,15+,17+,19+,20-,21-,22+/m1/s1. The fourth-order valence-corrected chi connectivity index (χ4v) is 8.57. The van der Waals surface area contributed by atoms with E-state index in [-0.39, 0.29) is 11.7 Å². The third-order valence-corrected chi connectivity index (χ3v) is 9.62. The Morgan fingerprint density at radius 2 is 2.00 bits per heavy atom. The van der Waals surface area contributed by atoms with E-state index in [1.165, 1.54) is 50.6 Å². The predicted molar refractivity (Wildman–Crippen MR) is 93.4 cm³/mol. The van der Waals surface area contributed by atoms with E-state index in [2.05, 4.69) is 20.8 Å². The maximum Gasteiger partial charge on any atom is 0.264 e. The van der Waals surface area contributed by atoms with Gasteiger partial charge in [-0.25, -0.2) is 0 Å². The van der Waals surface area contributed by atoms with Crippen LogP contribution >= 0.6 is 0 Å². The Morgan fingerprint density at radius 3 is 2.80 bits per heavy atom. The van der Waals surface area contributed by atoms with Crippen LogP contribution in [0.3, 0.4) is 0 Å². The molecule has 6 aliphatic rings. The smallest absolute Gasteiger partial charge is 0.264 e. The lowest BCUT2D eigenvalue weighted by Gasteiger charge is -2.60. The second-order valence-electron chi connectivity index (χ2n) is 10.4. The molecule has 2 aliphatic heterocycles. The van der Waals surface area contributed by atoms with Gasteiger partial charge < -0.3 is 14.3 Å². The molecule has 3 saturated carbocycles. The molecule has 4 aliphatic carbocycles. The highest BCUT2D eigenvalue weighted by Gasteiger charge is 2.82. The molecule has 0 aromatic carbocycles. The normalized spacial score (nSPS) is 58.8. The Labute approximate surface area is 150 Å². The van der Waals surface area contributed by atoms with E-state index in [1.807, 2.05) is 0 Å². The summed E-state index contributed by atoms with van der Waals surface area (Å²) in [5.41, 5.74) is 2.18. The Bertz CT molecular complexity index is 697. The van der Waals surface area contributed by atoms with Crippen molar-refractivity contribution in [2.45, 2.75) is 77.6 Å². The van der Waals surface area contributed by atoms with Crippen LogP contribution in [0.15, 0.2) is 11.3 Å². The van der Waals surface area contributed by atoms with E-state index >= 15 is 0 Å². The minimum atomic E-state index is -0.307. The van der Waals surface area contributed by atoms with Gasteiger partial charge in [0.2, 0.25) is 0 Å². The molecule has 0 aromatic heterocycles. The lowest BCUT2D eigenvalue weighted by atomic mass is 9.45. The fraction of sp³-hybridized carbons (Fsp3) is 0.864. The van der Waals surface area contributed by atoms with Crippen molar-refractivity contribution in [2.24, 2.45) is 40.4 Å². The molecule has 1 saturated heterocycles. The molecule has 136 valence electrons.